The van der Waals surface area contributed by atoms with Gasteiger partial charge in [0.2, 0.25) is 0 Å². The van der Waals surface area contributed by atoms with Crippen molar-refractivity contribution in [2.24, 2.45) is 5.92 Å². The van der Waals surface area contributed by atoms with Crippen molar-refractivity contribution >= 4 is 0 Å². The van der Waals surface area contributed by atoms with E-state index >= 15 is 0 Å². The summed E-state index contributed by atoms with van der Waals surface area (Å²) in [4.78, 5) is 2.39. The predicted molar refractivity (Wildman–Crippen MR) is 113 cm³/mol. The van der Waals surface area contributed by atoms with Gasteiger partial charge in [0.25, 0.3) is 0 Å². The summed E-state index contributed by atoms with van der Waals surface area (Å²) < 4.78 is 5.52. The number of benzene rings is 2. The topological polar surface area (TPSA) is 52.9 Å². The van der Waals surface area contributed by atoms with E-state index in [-0.39, 0.29) is 11.7 Å². The standard InChI is InChI=1S/C24H33NO3/c1-19(2)12-13-24(27,21-8-10-22(26)11-9-21)23(20-6-4-3-5-7-20)18-25-14-16-28-17-15-25/h3-11,19,23,26-27H,12-18H2,1-2H3/t23-,24-/m1/s1. The lowest BCUT2D eigenvalue weighted by atomic mass is 9.73. The molecule has 4 heteroatoms. The van der Waals surface area contributed by atoms with Gasteiger partial charge in [-0.25, -0.2) is 0 Å². The molecule has 0 bridgehead atoms. The quantitative estimate of drug-likeness (QED) is 0.720. The van der Waals surface area contributed by atoms with E-state index in [9.17, 15) is 10.2 Å². The number of morpholine rings is 1. The van der Waals surface area contributed by atoms with Crippen LogP contribution >= 0.6 is 0 Å². The fourth-order valence-corrected chi connectivity index (χ4v) is 4.04. The normalized spacial score (nSPS) is 18.7. The number of hydrogen-bond acceptors (Lipinski definition) is 4. The number of aromatic hydroxyl groups is 1. The third-order valence-electron chi connectivity index (χ3n) is 5.79. The highest BCUT2D eigenvalue weighted by Gasteiger charge is 2.40. The third kappa shape index (κ3) is 5.13. The van der Waals surface area contributed by atoms with Crippen molar-refractivity contribution in [1.29, 1.82) is 0 Å². The fraction of sp³-hybridized carbons (Fsp3) is 0.500. The van der Waals surface area contributed by atoms with Crippen LogP contribution in [0.1, 0.15) is 43.7 Å². The smallest absolute Gasteiger partial charge is 0.115 e. The first kappa shape index (κ1) is 20.8. The molecule has 1 aliphatic heterocycles. The van der Waals surface area contributed by atoms with Crippen LogP contribution in [0.5, 0.6) is 5.75 Å². The van der Waals surface area contributed by atoms with Crippen LogP contribution in [-0.4, -0.2) is 48.0 Å². The summed E-state index contributed by atoms with van der Waals surface area (Å²) in [5.41, 5.74) is 1.01. The molecule has 0 unspecified atom stereocenters. The van der Waals surface area contributed by atoms with Crippen molar-refractivity contribution < 1.29 is 14.9 Å². The molecule has 0 saturated carbocycles. The van der Waals surface area contributed by atoms with Gasteiger partial charge in [0.15, 0.2) is 0 Å². The van der Waals surface area contributed by atoms with Crippen LogP contribution in [-0.2, 0) is 10.3 Å². The molecule has 1 saturated heterocycles. The lowest BCUT2D eigenvalue weighted by Crippen LogP contribution is -2.45. The molecule has 4 nitrogen and oxygen atoms in total. The highest BCUT2D eigenvalue weighted by molar-refractivity contribution is 5.35. The second-order valence-corrected chi connectivity index (χ2v) is 8.28. The van der Waals surface area contributed by atoms with Gasteiger partial charge in [-0.15, -0.1) is 0 Å². The van der Waals surface area contributed by atoms with Crippen molar-refractivity contribution in [3.05, 3.63) is 65.7 Å². The van der Waals surface area contributed by atoms with Gasteiger partial charge in [0.1, 0.15) is 5.75 Å². The first-order chi connectivity index (χ1) is 13.5. The van der Waals surface area contributed by atoms with E-state index in [0.717, 1.165) is 50.4 Å². The summed E-state index contributed by atoms with van der Waals surface area (Å²) in [6, 6.07) is 17.4. The van der Waals surface area contributed by atoms with Crippen LogP contribution in [0.25, 0.3) is 0 Å². The van der Waals surface area contributed by atoms with Gasteiger partial charge in [-0.05, 0) is 42.0 Å². The molecule has 3 rings (SSSR count). The van der Waals surface area contributed by atoms with Crippen molar-refractivity contribution in [2.45, 2.75) is 38.2 Å². The number of rotatable bonds is 8. The molecule has 2 atom stereocenters. The Labute approximate surface area is 168 Å². The SMILES string of the molecule is CC(C)CC[C@@](O)(c1ccc(O)cc1)[C@H](CN1CCOCC1)c1ccccc1. The van der Waals surface area contributed by atoms with E-state index in [1.807, 2.05) is 30.3 Å². The summed E-state index contributed by atoms with van der Waals surface area (Å²) in [7, 11) is 0. The lowest BCUT2D eigenvalue weighted by Gasteiger charge is -2.41. The van der Waals surface area contributed by atoms with Crippen LogP contribution in [0, 0.1) is 5.92 Å². The molecule has 2 aromatic carbocycles. The molecule has 0 amide bonds. The molecule has 152 valence electrons. The van der Waals surface area contributed by atoms with Crippen LogP contribution in [0.2, 0.25) is 0 Å². The molecule has 0 radical (unpaired) electrons. The Morgan fingerprint density at radius 3 is 2.25 bits per heavy atom. The number of phenolic OH excluding ortho intramolecular Hbond substituents is 1. The van der Waals surface area contributed by atoms with Gasteiger partial charge < -0.3 is 14.9 Å². The molecule has 2 aromatic rings. The zero-order valence-corrected chi connectivity index (χ0v) is 17.1. The average molecular weight is 384 g/mol. The van der Waals surface area contributed by atoms with E-state index in [1.54, 1.807) is 12.1 Å². The zero-order valence-electron chi connectivity index (χ0n) is 17.1. The molecule has 1 aliphatic rings. The summed E-state index contributed by atoms with van der Waals surface area (Å²) in [6.45, 7) is 8.42. The molecular weight excluding hydrogens is 350 g/mol. The van der Waals surface area contributed by atoms with Gasteiger partial charge in [0.05, 0.1) is 18.8 Å². The maximum absolute atomic E-state index is 12.1. The summed E-state index contributed by atoms with van der Waals surface area (Å²) in [6.07, 6.45) is 1.61. The highest BCUT2D eigenvalue weighted by Crippen LogP contribution is 2.42. The Hall–Kier alpha value is -1.88. The Morgan fingerprint density at radius 2 is 1.64 bits per heavy atom. The number of ether oxygens (including phenoxy) is 1. The van der Waals surface area contributed by atoms with Crippen molar-refractivity contribution in [3.8, 4) is 5.75 Å². The number of hydrogen-bond donors (Lipinski definition) is 2. The number of phenols is 1. The Balaban J connectivity index is 1.99. The summed E-state index contributed by atoms with van der Waals surface area (Å²) in [5.74, 6) is 0.665. The first-order valence-corrected chi connectivity index (χ1v) is 10.4. The maximum Gasteiger partial charge on any atom is 0.115 e. The molecule has 0 aromatic heterocycles. The van der Waals surface area contributed by atoms with Crippen molar-refractivity contribution in [3.63, 3.8) is 0 Å². The van der Waals surface area contributed by atoms with Crippen LogP contribution in [0.4, 0.5) is 0 Å². The Kier molecular flexibility index (Phi) is 7.11. The molecule has 28 heavy (non-hydrogen) atoms. The van der Waals surface area contributed by atoms with E-state index in [0.29, 0.717) is 12.3 Å². The second kappa shape index (κ2) is 9.55. The van der Waals surface area contributed by atoms with Gasteiger partial charge in [-0.3, -0.25) is 4.90 Å². The molecule has 2 N–H and O–H groups in total. The summed E-state index contributed by atoms with van der Waals surface area (Å²) >= 11 is 0. The van der Waals surface area contributed by atoms with E-state index in [1.165, 1.54) is 0 Å². The van der Waals surface area contributed by atoms with Gasteiger partial charge >= 0.3 is 0 Å². The van der Waals surface area contributed by atoms with Crippen LogP contribution < -0.4 is 0 Å². The minimum Gasteiger partial charge on any atom is -0.508 e. The van der Waals surface area contributed by atoms with Crippen LogP contribution in [0.3, 0.4) is 0 Å². The molecule has 0 aliphatic carbocycles. The van der Waals surface area contributed by atoms with Gasteiger partial charge in [0, 0.05) is 25.6 Å². The fourth-order valence-electron chi connectivity index (χ4n) is 4.04. The van der Waals surface area contributed by atoms with Crippen molar-refractivity contribution in [2.75, 3.05) is 32.8 Å². The van der Waals surface area contributed by atoms with E-state index in [4.69, 9.17) is 4.74 Å². The van der Waals surface area contributed by atoms with E-state index < -0.39 is 5.60 Å². The molecular formula is C24H33NO3. The van der Waals surface area contributed by atoms with Crippen molar-refractivity contribution in [1.82, 2.24) is 4.90 Å². The van der Waals surface area contributed by atoms with Gasteiger partial charge in [-0.1, -0.05) is 56.3 Å². The average Bonchev–Trinajstić information content (AvgIpc) is 2.72. The Bertz CT molecular complexity index is 710. The number of aliphatic hydroxyl groups is 1. The summed E-state index contributed by atoms with van der Waals surface area (Å²) in [5, 5.41) is 21.9. The molecule has 0 spiro atoms. The zero-order chi connectivity index (χ0) is 20.0. The maximum atomic E-state index is 12.1. The third-order valence-corrected chi connectivity index (χ3v) is 5.79. The first-order valence-electron chi connectivity index (χ1n) is 10.4. The molecule has 1 heterocycles. The molecule has 1 fully saturated rings. The van der Waals surface area contributed by atoms with Gasteiger partial charge in [-0.2, -0.15) is 0 Å². The van der Waals surface area contributed by atoms with E-state index in [2.05, 4.69) is 30.9 Å². The second-order valence-electron chi connectivity index (χ2n) is 8.28. The lowest BCUT2D eigenvalue weighted by molar-refractivity contribution is -0.0311. The largest absolute Gasteiger partial charge is 0.508 e. The monoisotopic (exact) mass is 383 g/mol. The predicted octanol–water partition coefficient (Wildman–Crippen LogP) is 4.13. The highest BCUT2D eigenvalue weighted by atomic mass is 16.5. The van der Waals surface area contributed by atoms with Crippen LogP contribution in [0.15, 0.2) is 54.6 Å². The minimum atomic E-state index is -1.00. The number of nitrogens with zero attached hydrogens (tertiary/aromatic N) is 1. The minimum absolute atomic E-state index is 0.0601. The Morgan fingerprint density at radius 1 is 1.00 bits per heavy atom.